The highest BCUT2D eigenvalue weighted by Crippen LogP contribution is 2.20. The summed E-state index contributed by atoms with van der Waals surface area (Å²) >= 11 is 0. The molecule has 1 heterocycles. The van der Waals surface area contributed by atoms with Gasteiger partial charge in [-0.2, -0.15) is 0 Å². The summed E-state index contributed by atoms with van der Waals surface area (Å²) in [7, 11) is -1.98. The molecule has 0 aliphatic carbocycles. The van der Waals surface area contributed by atoms with E-state index in [0.29, 0.717) is 12.8 Å². The van der Waals surface area contributed by atoms with Crippen molar-refractivity contribution in [2.24, 2.45) is 0 Å². The van der Waals surface area contributed by atoms with Gasteiger partial charge in [0.1, 0.15) is 5.75 Å². The van der Waals surface area contributed by atoms with Crippen LogP contribution in [0.5, 0.6) is 5.75 Å². The molecule has 0 fully saturated rings. The molecule has 0 aliphatic rings. The number of H-pyrrole nitrogens is 1. The van der Waals surface area contributed by atoms with Gasteiger partial charge in [-0.15, -0.1) is 0 Å². The van der Waals surface area contributed by atoms with E-state index in [0.717, 1.165) is 27.8 Å². The maximum atomic E-state index is 12.8. The van der Waals surface area contributed by atoms with Crippen LogP contribution in [0.3, 0.4) is 0 Å². The van der Waals surface area contributed by atoms with Crippen molar-refractivity contribution in [1.29, 1.82) is 0 Å². The van der Waals surface area contributed by atoms with Crippen LogP contribution in [0.15, 0.2) is 90.0 Å². The zero-order valence-electron chi connectivity index (χ0n) is 21.9. The fraction of sp³-hybridized carbons (Fsp3) is 0.267. The highest BCUT2D eigenvalue weighted by atomic mass is 32.2. The van der Waals surface area contributed by atoms with E-state index in [1.165, 1.54) is 12.1 Å². The third-order valence-electron chi connectivity index (χ3n) is 6.57. The van der Waals surface area contributed by atoms with Gasteiger partial charge in [-0.1, -0.05) is 54.6 Å². The predicted octanol–water partition coefficient (Wildman–Crippen LogP) is 3.82. The van der Waals surface area contributed by atoms with Crippen LogP contribution in [0.25, 0.3) is 10.9 Å². The van der Waals surface area contributed by atoms with E-state index >= 15 is 0 Å². The minimum Gasteiger partial charge on any atom is -0.496 e. The highest BCUT2D eigenvalue weighted by molar-refractivity contribution is 7.91. The average Bonchev–Trinajstić information content (AvgIpc) is 3.37. The number of aryl methyl sites for hydroxylation is 1. The Labute approximate surface area is 228 Å². The van der Waals surface area contributed by atoms with Gasteiger partial charge in [-0.25, -0.2) is 8.42 Å². The van der Waals surface area contributed by atoms with Crippen LogP contribution in [0.2, 0.25) is 0 Å². The Kier molecular flexibility index (Phi) is 9.38. The van der Waals surface area contributed by atoms with Crippen LogP contribution in [-0.4, -0.2) is 50.7 Å². The smallest absolute Gasteiger partial charge is 0.221 e. The lowest BCUT2D eigenvalue weighted by molar-refractivity contribution is -0.123. The number of carbonyl (C=O) groups excluding carboxylic acids is 2. The molecule has 0 bridgehead atoms. The van der Waals surface area contributed by atoms with Gasteiger partial charge >= 0.3 is 0 Å². The first kappa shape index (κ1) is 27.9. The van der Waals surface area contributed by atoms with Gasteiger partial charge in [-0.3, -0.25) is 9.59 Å². The Morgan fingerprint density at radius 3 is 2.38 bits per heavy atom. The van der Waals surface area contributed by atoms with E-state index in [1.807, 2.05) is 54.7 Å². The number of carbonyl (C=O) groups is 2. The molecule has 4 aromatic rings. The standard InChI is InChI=1S/C30H33N3O5S/c1-38-28-14-8-5-9-22(28)15-16-29(34)32-21-24(19-23-20-31-27-13-7-6-12-26(23)27)33-30(35)17-18-39(36,37)25-10-3-2-4-11-25/h2-14,20,24,31H,15-19,21H2,1H3,(H,32,34)(H,33,35). The zero-order valence-corrected chi connectivity index (χ0v) is 22.7. The number of aromatic nitrogens is 1. The molecular weight excluding hydrogens is 514 g/mol. The first-order valence-electron chi connectivity index (χ1n) is 12.9. The van der Waals surface area contributed by atoms with Crippen LogP contribution >= 0.6 is 0 Å². The largest absolute Gasteiger partial charge is 0.496 e. The Hall–Kier alpha value is -4.11. The maximum absolute atomic E-state index is 12.8. The number of aromatic amines is 1. The summed E-state index contributed by atoms with van der Waals surface area (Å²) in [4.78, 5) is 28.9. The minimum absolute atomic E-state index is 0.147. The number of hydrogen-bond donors (Lipinski definition) is 3. The summed E-state index contributed by atoms with van der Waals surface area (Å²) in [5.74, 6) is -0.0953. The molecule has 2 amide bonds. The van der Waals surface area contributed by atoms with Crippen LogP contribution < -0.4 is 15.4 Å². The predicted molar refractivity (Wildman–Crippen MR) is 151 cm³/mol. The van der Waals surface area contributed by atoms with E-state index in [9.17, 15) is 18.0 Å². The monoisotopic (exact) mass is 547 g/mol. The van der Waals surface area contributed by atoms with Gasteiger partial charge in [0.25, 0.3) is 0 Å². The molecule has 0 spiro atoms. The van der Waals surface area contributed by atoms with E-state index in [4.69, 9.17) is 4.74 Å². The first-order chi connectivity index (χ1) is 18.9. The second-order valence-corrected chi connectivity index (χ2v) is 11.4. The Bertz CT molecular complexity index is 1520. The van der Waals surface area contributed by atoms with Crippen molar-refractivity contribution in [1.82, 2.24) is 15.6 Å². The molecule has 0 aliphatic heterocycles. The van der Waals surface area contributed by atoms with Crippen molar-refractivity contribution in [3.05, 3.63) is 96.2 Å². The lowest BCUT2D eigenvalue weighted by Crippen LogP contribution is -2.45. The number of methoxy groups -OCH3 is 1. The molecule has 9 heteroatoms. The molecule has 0 saturated carbocycles. The molecular formula is C30H33N3O5S. The molecule has 1 atom stereocenters. The van der Waals surface area contributed by atoms with Crippen molar-refractivity contribution in [3.63, 3.8) is 0 Å². The van der Waals surface area contributed by atoms with Crippen LogP contribution in [0, 0.1) is 0 Å². The molecule has 1 unspecified atom stereocenters. The van der Waals surface area contributed by atoms with Gasteiger partial charge in [0.15, 0.2) is 9.84 Å². The molecule has 204 valence electrons. The highest BCUT2D eigenvalue weighted by Gasteiger charge is 2.20. The summed E-state index contributed by atoms with van der Waals surface area (Å²) in [6, 6.07) is 23.1. The van der Waals surface area contributed by atoms with Crippen LogP contribution in [0.1, 0.15) is 24.0 Å². The average molecular weight is 548 g/mol. The Morgan fingerprint density at radius 2 is 1.59 bits per heavy atom. The van der Waals surface area contributed by atoms with Gasteiger partial charge in [0.2, 0.25) is 11.8 Å². The number of ether oxygens (including phenoxy) is 1. The van der Waals surface area contributed by atoms with E-state index in [2.05, 4.69) is 15.6 Å². The fourth-order valence-corrected chi connectivity index (χ4v) is 5.76. The lowest BCUT2D eigenvalue weighted by Gasteiger charge is -2.20. The molecule has 1 aromatic heterocycles. The summed E-state index contributed by atoms with van der Waals surface area (Å²) in [5, 5.41) is 6.90. The minimum atomic E-state index is -3.58. The molecule has 3 aromatic carbocycles. The van der Waals surface area contributed by atoms with Crippen LogP contribution in [-0.2, 0) is 32.3 Å². The van der Waals surface area contributed by atoms with E-state index in [-0.39, 0.29) is 41.8 Å². The molecule has 4 rings (SSSR count). The SMILES string of the molecule is COc1ccccc1CCC(=O)NCC(Cc1c[nH]c2ccccc12)NC(=O)CCS(=O)(=O)c1ccccc1. The molecule has 8 nitrogen and oxygen atoms in total. The Balaban J connectivity index is 1.39. The second kappa shape index (κ2) is 13.1. The molecule has 0 saturated heterocycles. The zero-order chi connectivity index (χ0) is 27.7. The second-order valence-electron chi connectivity index (χ2n) is 9.33. The molecule has 0 radical (unpaired) electrons. The number of nitrogens with one attached hydrogen (secondary N) is 3. The van der Waals surface area contributed by atoms with Crippen molar-refractivity contribution >= 4 is 32.6 Å². The molecule has 3 N–H and O–H groups in total. The summed E-state index contributed by atoms with van der Waals surface area (Å²) in [5.41, 5.74) is 2.92. The van der Waals surface area contributed by atoms with E-state index in [1.54, 1.807) is 25.3 Å². The third-order valence-corrected chi connectivity index (χ3v) is 8.30. The number of fused-ring (bicyclic) bond motifs is 1. The summed E-state index contributed by atoms with van der Waals surface area (Å²) in [6.45, 7) is 0.210. The number of rotatable bonds is 13. The van der Waals surface area contributed by atoms with Gasteiger partial charge in [-0.05, 0) is 48.2 Å². The van der Waals surface area contributed by atoms with Crippen molar-refractivity contribution < 1.29 is 22.7 Å². The quantitative estimate of drug-likeness (QED) is 0.235. The Morgan fingerprint density at radius 1 is 0.872 bits per heavy atom. The van der Waals surface area contributed by atoms with Crippen molar-refractivity contribution in [2.75, 3.05) is 19.4 Å². The lowest BCUT2D eigenvalue weighted by atomic mass is 10.0. The summed E-state index contributed by atoms with van der Waals surface area (Å²) < 4.78 is 30.6. The van der Waals surface area contributed by atoms with Crippen molar-refractivity contribution in [2.45, 2.75) is 36.6 Å². The molecule has 39 heavy (non-hydrogen) atoms. The van der Waals surface area contributed by atoms with E-state index < -0.39 is 15.9 Å². The number of para-hydroxylation sites is 2. The number of benzene rings is 3. The van der Waals surface area contributed by atoms with Gasteiger partial charge in [0, 0.05) is 36.5 Å². The van der Waals surface area contributed by atoms with Gasteiger partial charge in [0.05, 0.1) is 23.8 Å². The topological polar surface area (TPSA) is 117 Å². The number of amides is 2. The summed E-state index contributed by atoms with van der Waals surface area (Å²) in [6.07, 6.45) is 2.97. The maximum Gasteiger partial charge on any atom is 0.221 e. The first-order valence-corrected chi connectivity index (χ1v) is 14.5. The van der Waals surface area contributed by atoms with Crippen molar-refractivity contribution in [3.8, 4) is 5.75 Å². The number of hydrogen-bond acceptors (Lipinski definition) is 5. The third kappa shape index (κ3) is 7.70. The van der Waals surface area contributed by atoms with Crippen LogP contribution in [0.4, 0.5) is 0 Å². The normalized spacial score (nSPS) is 12.1. The number of sulfone groups is 1. The fourth-order valence-electron chi connectivity index (χ4n) is 4.50. The van der Waals surface area contributed by atoms with Gasteiger partial charge < -0.3 is 20.4 Å².